The van der Waals surface area contributed by atoms with Gasteiger partial charge in [-0.3, -0.25) is 4.90 Å². The Morgan fingerprint density at radius 1 is 1.00 bits per heavy atom. The zero-order chi connectivity index (χ0) is 15.7. The second-order valence-corrected chi connectivity index (χ2v) is 9.04. The van der Waals surface area contributed by atoms with Gasteiger partial charge in [-0.05, 0) is 62.9 Å². The van der Waals surface area contributed by atoms with Crippen molar-refractivity contribution in [2.75, 3.05) is 13.6 Å². The van der Waals surface area contributed by atoms with Crippen LogP contribution in [-0.2, 0) is 0 Å². The Labute approximate surface area is 133 Å². The van der Waals surface area contributed by atoms with Crippen LogP contribution in [0.5, 0.6) is 0 Å². The average Bonchev–Trinajstić information content (AvgIpc) is 2.40. The van der Waals surface area contributed by atoms with Gasteiger partial charge in [-0.15, -0.1) is 0 Å². The molecule has 2 nitrogen and oxygen atoms in total. The molecule has 0 saturated heterocycles. The van der Waals surface area contributed by atoms with Crippen LogP contribution in [0, 0.1) is 10.8 Å². The lowest BCUT2D eigenvalue weighted by molar-refractivity contribution is 0.0190. The first kappa shape index (κ1) is 17.3. The molecule has 0 aromatic rings. The van der Waals surface area contributed by atoms with Crippen LogP contribution in [0.2, 0.25) is 0 Å². The van der Waals surface area contributed by atoms with Gasteiger partial charge in [-0.1, -0.05) is 41.0 Å². The molecule has 124 valence electrons. The fraction of sp³-hybridized carbons (Fsp3) is 1.00. The first-order valence-corrected chi connectivity index (χ1v) is 9.22. The number of likely N-dealkylation sites (N-methyl/N-ethyl adjacent to an activating group) is 2. The van der Waals surface area contributed by atoms with E-state index in [0.29, 0.717) is 16.9 Å². The van der Waals surface area contributed by atoms with E-state index in [9.17, 15) is 0 Å². The van der Waals surface area contributed by atoms with Crippen LogP contribution in [-0.4, -0.2) is 36.6 Å². The predicted molar refractivity (Wildman–Crippen MR) is 92.7 cm³/mol. The first-order valence-electron chi connectivity index (χ1n) is 9.22. The molecule has 2 unspecified atom stereocenters. The highest BCUT2D eigenvalue weighted by molar-refractivity contribution is 4.99. The highest BCUT2D eigenvalue weighted by Gasteiger charge is 2.42. The van der Waals surface area contributed by atoms with Crippen molar-refractivity contribution < 1.29 is 0 Å². The molecule has 0 spiro atoms. The van der Waals surface area contributed by atoms with Gasteiger partial charge in [0.1, 0.15) is 0 Å². The number of hydrogen-bond donors (Lipinski definition) is 1. The molecule has 1 N–H and O–H groups in total. The summed E-state index contributed by atoms with van der Waals surface area (Å²) in [6.07, 6.45) is 9.69. The summed E-state index contributed by atoms with van der Waals surface area (Å²) in [5.74, 6) is 0. The fourth-order valence-electron chi connectivity index (χ4n) is 4.74. The minimum atomic E-state index is 0.432. The van der Waals surface area contributed by atoms with Crippen molar-refractivity contribution in [1.29, 1.82) is 0 Å². The predicted octanol–water partition coefficient (Wildman–Crippen LogP) is 4.44. The van der Waals surface area contributed by atoms with E-state index < -0.39 is 0 Å². The number of rotatable bonds is 4. The van der Waals surface area contributed by atoms with Gasteiger partial charge >= 0.3 is 0 Å². The molecule has 2 saturated carbocycles. The highest BCUT2D eigenvalue weighted by Crippen LogP contribution is 2.41. The lowest BCUT2D eigenvalue weighted by Crippen LogP contribution is -2.60. The summed E-state index contributed by atoms with van der Waals surface area (Å²) in [4.78, 5) is 2.75. The summed E-state index contributed by atoms with van der Waals surface area (Å²) in [6.45, 7) is 13.2. The molecule has 0 radical (unpaired) electrons. The molecule has 2 fully saturated rings. The van der Waals surface area contributed by atoms with Gasteiger partial charge in [0.25, 0.3) is 0 Å². The van der Waals surface area contributed by atoms with Crippen LogP contribution in [0.1, 0.15) is 79.6 Å². The smallest absolute Gasteiger partial charge is 0.0274 e. The molecule has 2 rings (SSSR count). The van der Waals surface area contributed by atoms with Gasteiger partial charge in [0.15, 0.2) is 0 Å². The quantitative estimate of drug-likeness (QED) is 0.824. The van der Waals surface area contributed by atoms with Gasteiger partial charge in [-0.2, -0.15) is 0 Å². The minimum Gasteiger partial charge on any atom is -0.312 e. The summed E-state index contributed by atoms with van der Waals surface area (Å²) < 4.78 is 0. The van der Waals surface area contributed by atoms with Crippen molar-refractivity contribution in [3.8, 4) is 0 Å². The maximum Gasteiger partial charge on any atom is 0.0274 e. The van der Waals surface area contributed by atoms with E-state index in [0.717, 1.165) is 18.6 Å². The van der Waals surface area contributed by atoms with E-state index in [4.69, 9.17) is 0 Å². The molecule has 0 bridgehead atoms. The summed E-state index contributed by atoms with van der Waals surface area (Å²) in [7, 11) is 2.40. The van der Waals surface area contributed by atoms with Crippen LogP contribution in [0.15, 0.2) is 0 Å². The van der Waals surface area contributed by atoms with Crippen molar-refractivity contribution in [2.24, 2.45) is 10.8 Å². The van der Waals surface area contributed by atoms with Crippen LogP contribution in [0.3, 0.4) is 0 Å². The summed E-state index contributed by atoms with van der Waals surface area (Å²) in [5, 5.41) is 3.82. The zero-order valence-electron chi connectivity index (χ0n) is 15.3. The fourth-order valence-corrected chi connectivity index (χ4v) is 4.74. The van der Waals surface area contributed by atoms with Gasteiger partial charge in [-0.25, -0.2) is 0 Å². The third-order valence-corrected chi connectivity index (χ3v) is 6.38. The monoisotopic (exact) mass is 294 g/mol. The Morgan fingerprint density at radius 3 is 2.19 bits per heavy atom. The van der Waals surface area contributed by atoms with Crippen LogP contribution in [0.4, 0.5) is 0 Å². The summed E-state index contributed by atoms with van der Waals surface area (Å²) in [5.41, 5.74) is 1.01. The third-order valence-electron chi connectivity index (χ3n) is 6.38. The van der Waals surface area contributed by atoms with E-state index in [1.54, 1.807) is 0 Å². The molecule has 21 heavy (non-hydrogen) atoms. The molecular formula is C19H38N2. The molecule has 0 aliphatic heterocycles. The summed E-state index contributed by atoms with van der Waals surface area (Å²) in [6, 6.07) is 2.18. The van der Waals surface area contributed by atoms with Gasteiger partial charge in [0.05, 0.1) is 0 Å². The van der Waals surface area contributed by atoms with Crippen LogP contribution < -0.4 is 5.32 Å². The van der Waals surface area contributed by atoms with Crippen molar-refractivity contribution in [3.05, 3.63) is 0 Å². The number of nitrogens with one attached hydrogen (secondary N) is 1. The lowest BCUT2D eigenvalue weighted by atomic mass is 9.69. The Kier molecular flexibility index (Phi) is 5.41. The maximum atomic E-state index is 3.82. The largest absolute Gasteiger partial charge is 0.312 e. The Balaban J connectivity index is 2.04. The number of hydrogen-bond acceptors (Lipinski definition) is 2. The molecule has 0 amide bonds. The minimum absolute atomic E-state index is 0.432. The molecule has 2 heteroatoms. The number of nitrogens with zero attached hydrogens (tertiary/aromatic N) is 1. The standard InChI is InChI=1S/C19H38N2/c1-7-20-17-16(9-8-12-19(17,4)5)21(6)15-10-13-18(2,3)14-11-15/h15-17,20H,7-14H2,1-6H3. The van der Waals surface area contributed by atoms with E-state index in [-0.39, 0.29) is 0 Å². The van der Waals surface area contributed by atoms with E-state index >= 15 is 0 Å². The van der Waals surface area contributed by atoms with Crippen molar-refractivity contribution in [3.63, 3.8) is 0 Å². The van der Waals surface area contributed by atoms with Gasteiger partial charge in [0, 0.05) is 18.1 Å². The van der Waals surface area contributed by atoms with Crippen molar-refractivity contribution in [2.45, 2.75) is 97.7 Å². The normalized spacial score (nSPS) is 33.3. The second kappa shape index (κ2) is 6.58. The van der Waals surface area contributed by atoms with Gasteiger partial charge in [0.2, 0.25) is 0 Å². The molecule has 0 aromatic heterocycles. The van der Waals surface area contributed by atoms with Crippen LogP contribution >= 0.6 is 0 Å². The summed E-state index contributed by atoms with van der Waals surface area (Å²) >= 11 is 0. The molecule has 0 aromatic carbocycles. The lowest BCUT2D eigenvalue weighted by Gasteiger charge is -2.51. The SMILES string of the molecule is CCNC1C(N(C)C2CCC(C)(C)CC2)CCCC1(C)C. The molecule has 2 aliphatic carbocycles. The Hall–Kier alpha value is -0.0800. The van der Waals surface area contributed by atoms with Crippen LogP contribution in [0.25, 0.3) is 0 Å². The molecule has 2 aliphatic rings. The highest BCUT2D eigenvalue weighted by atomic mass is 15.2. The van der Waals surface area contributed by atoms with Crippen molar-refractivity contribution >= 4 is 0 Å². The first-order chi connectivity index (χ1) is 9.77. The Bertz CT molecular complexity index is 324. The third kappa shape index (κ3) is 4.01. The topological polar surface area (TPSA) is 15.3 Å². The Morgan fingerprint density at radius 2 is 1.62 bits per heavy atom. The molecule has 0 heterocycles. The molecule has 2 atom stereocenters. The maximum absolute atomic E-state index is 3.82. The van der Waals surface area contributed by atoms with E-state index in [1.807, 2.05) is 0 Å². The second-order valence-electron chi connectivity index (χ2n) is 9.04. The average molecular weight is 295 g/mol. The van der Waals surface area contributed by atoms with E-state index in [1.165, 1.54) is 44.9 Å². The van der Waals surface area contributed by atoms with E-state index in [2.05, 4.69) is 51.9 Å². The van der Waals surface area contributed by atoms with Gasteiger partial charge < -0.3 is 5.32 Å². The molecular weight excluding hydrogens is 256 g/mol. The van der Waals surface area contributed by atoms with Crippen molar-refractivity contribution in [1.82, 2.24) is 10.2 Å². The zero-order valence-corrected chi connectivity index (χ0v) is 15.3.